The molecular formula is C24H23Cl2N3O4S2. The van der Waals surface area contributed by atoms with Crippen LogP contribution in [0.3, 0.4) is 0 Å². The molecule has 7 nitrogen and oxygen atoms in total. The normalized spacial score (nSPS) is 20.4. The number of carbonyl (C=O) groups excluding carboxylic acids is 2. The van der Waals surface area contributed by atoms with E-state index in [4.69, 9.17) is 23.2 Å². The summed E-state index contributed by atoms with van der Waals surface area (Å²) in [7, 11) is -1.49. The van der Waals surface area contributed by atoms with Crippen LogP contribution in [0.25, 0.3) is 6.08 Å². The molecule has 0 aliphatic carbocycles. The highest BCUT2D eigenvalue weighted by atomic mass is 35.5. The molecule has 0 radical (unpaired) electrons. The van der Waals surface area contributed by atoms with E-state index in [1.165, 1.54) is 9.80 Å². The predicted octanol–water partition coefficient (Wildman–Crippen LogP) is 4.42. The molecular weight excluding hydrogens is 529 g/mol. The number of anilines is 1. The molecule has 2 amide bonds. The molecule has 2 aromatic carbocycles. The number of amides is 2. The number of sulfone groups is 1. The summed E-state index contributed by atoms with van der Waals surface area (Å²) in [6, 6.07) is 12.1. The molecule has 0 saturated carbocycles. The fourth-order valence-electron chi connectivity index (χ4n) is 3.79. The number of aliphatic imine (C=N–C) groups is 1. The number of rotatable bonds is 5. The molecule has 2 aromatic rings. The fourth-order valence-corrected chi connectivity index (χ4v) is 6.80. The fraction of sp³-hybridized carbons (Fsp3) is 0.292. The zero-order valence-corrected chi connectivity index (χ0v) is 22.2. The van der Waals surface area contributed by atoms with Crippen molar-refractivity contribution in [2.45, 2.75) is 19.4 Å². The molecule has 0 unspecified atom stereocenters. The molecule has 184 valence electrons. The maximum atomic E-state index is 13.3. The Hall–Kier alpha value is -2.33. The van der Waals surface area contributed by atoms with Gasteiger partial charge in [0.2, 0.25) is 5.91 Å². The number of carbonyl (C=O) groups is 2. The summed E-state index contributed by atoms with van der Waals surface area (Å²) in [4.78, 5) is 33.6. The summed E-state index contributed by atoms with van der Waals surface area (Å²) in [6.07, 6.45) is 2.05. The highest BCUT2D eigenvalue weighted by molar-refractivity contribution is 8.14. The van der Waals surface area contributed by atoms with Gasteiger partial charge in [0.05, 0.1) is 33.0 Å². The van der Waals surface area contributed by atoms with Crippen molar-refractivity contribution < 1.29 is 18.0 Å². The van der Waals surface area contributed by atoms with Crippen molar-refractivity contribution in [3.8, 4) is 0 Å². The zero-order valence-electron chi connectivity index (χ0n) is 19.1. The number of hydrogen-bond acceptors (Lipinski definition) is 6. The van der Waals surface area contributed by atoms with Gasteiger partial charge in [-0.25, -0.2) is 13.4 Å². The lowest BCUT2D eigenvalue weighted by molar-refractivity contribution is -0.128. The Bertz CT molecular complexity index is 1340. The summed E-state index contributed by atoms with van der Waals surface area (Å²) in [6.45, 7) is 1.95. The molecule has 2 aliphatic heterocycles. The Labute approximate surface area is 218 Å². The quantitative estimate of drug-likeness (QED) is 0.513. The van der Waals surface area contributed by atoms with Gasteiger partial charge in [-0.3, -0.25) is 14.5 Å². The van der Waals surface area contributed by atoms with Gasteiger partial charge in [-0.2, -0.15) is 0 Å². The van der Waals surface area contributed by atoms with Gasteiger partial charge in [-0.15, -0.1) is 0 Å². The van der Waals surface area contributed by atoms with Crippen LogP contribution >= 0.6 is 35.0 Å². The Morgan fingerprint density at radius 2 is 1.91 bits per heavy atom. The number of benzene rings is 2. The lowest BCUT2D eigenvalue weighted by atomic mass is 10.2. The number of amidine groups is 1. The van der Waals surface area contributed by atoms with Crippen molar-refractivity contribution in [3.63, 3.8) is 0 Å². The van der Waals surface area contributed by atoms with Crippen molar-refractivity contribution >= 4 is 73.5 Å². The van der Waals surface area contributed by atoms with E-state index < -0.39 is 9.84 Å². The van der Waals surface area contributed by atoms with Crippen LogP contribution in [-0.2, 0) is 19.4 Å². The highest BCUT2D eigenvalue weighted by Crippen LogP contribution is 2.31. The lowest BCUT2D eigenvalue weighted by Gasteiger charge is -2.24. The molecule has 2 aliphatic rings. The first kappa shape index (κ1) is 25.8. The van der Waals surface area contributed by atoms with Crippen LogP contribution in [-0.4, -0.2) is 60.6 Å². The minimum Gasteiger partial charge on any atom is -0.341 e. The zero-order chi connectivity index (χ0) is 25.3. The molecule has 0 bridgehead atoms. The molecule has 0 spiro atoms. The van der Waals surface area contributed by atoms with Crippen molar-refractivity contribution in [3.05, 3.63) is 69.3 Å². The van der Waals surface area contributed by atoms with Crippen molar-refractivity contribution in [1.29, 1.82) is 0 Å². The maximum absolute atomic E-state index is 13.3. The van der Waals surface area contributed by atoms with Gasteiger partial charge < -0.3 is 4.90 Å². The van der Waals surface area contributed by atoms with Gasteiger partial charge in [0.1, 0.15) is 5.70 Å². The Morgan fingerprint density at radius 3 is 2.54 bits per heavy atom. The van der Waals surface area contributed by atoms with Crippen LogP contribution in [0.15, 0.2) is 53.2 Å². The van der Waals surface area contributed by atoms with Crippen LogP contribution in [0.1, 0.15) is 17.5 Å². The predicted molar refractivity (Wildman–Crippen MR) is 143 cm³/mol. The van der Waals surface area contributed by atoms with Crippen molar-refractivity contribution in [2.24, 2.45) is 4.99 Å². The minimum atomic E-state index is -3.11. The average molecular weight is 553 g/mol. The van der Waals surface area contributed by atoms with E-state index in [9.17, 15) is 18.0 Å². The topological polar surface area (TPSA) is 87.1 Å². The van der Waals surface area contributed by atoms with Crippen LogP contribution in [0.5, 0.6) is 0 Å². The molecule has 1 fully saturated rings. The van der Waals surface area contributed by atoms with Crippen molar-refractivity contribution in [2.75, 3.05) is 29.2 Å². The van der Waals surface area contributed by atoms with Crippen LogP contribution in [0, 0.1) is 6.92 Å². The van der Waals surface area contributed by atoms with E-state index in [0.717, 1.165) is 17.3 Å². The molecule has 35 heavy (non-hydrogen) atoms. The van der Waals surface area contributed by atoms with Gasteiger partial charge in [0, 0.05) is 13.1 Å². The summed E-state index contributed by atoms with van der Waals surface area (Å²) in [5.41, 5.74) is 2.54. The first-order valence-corrected chi connectivity index (χ1v) is 14.4. The van der Waals surface area contributed by atoms with Crippen LogP contribution in [0.2, 0.25) is 10.0 Å². The largest absolute Gasteiger partial charge is 0.341 e. The smallest absolute Gasteiger partial charge is 0.283 e. The standard InChI is InChI=1S/C24H23Cl2N3O4S2/c1-15-3-6-17(7-4-15)29-23(31)21(12-16-5-8-19(25)20(26)11-16)27-24(29)34-13-22(30)28(2)18-9-10-35(32,33)14-18/h3-8,11-12,18H,9-10,13-14H2,1-2H3/b21-12-/t18-/m1/s1. The first-order chi connectivity index (χ1) is 16.5. The van der Waals surface area contributed by atoms with E-state index in [0.29, 0.717) is 32.9 Å². The van der Waals surface area contributed by atoms with Gasteiger partial charge in [0.25, 0.3) is 5.91 Å². The van der Waals surface area contributed by atoms with Gasteiger partial charge >= 0.3 is 0 Å². The Kier molecular flexibility index (Phi) is 7.61. The molecule has 11 heteroatoms. The second-order valence-corrected chi connectivity index (χ2v) is 12.4. The third-order valence-electron chi connectivity index (χ3n) is 5.84. The maximum Gasteiger partial charge on any atom is 0.283 e. The van der Waals surface area contributed by atoms with E-state index in [-0.39, 0.29) is 40.8 Å². The van der Waals surface area contributed by atoms with E-state index in [2.05, 4.69) is 4.99 Å². The van der Waals surface area contributed by atoms with Crippen LogP contribution < -0.4 is 4.90 Å². The number of aryl methyl sites for hydroxylation is 1. The molecule has 2 heterocycles. The Morgan fingerprint density at radius 1 is 1.20 bits per heavy atom. The third-order valence-corrected chi connectivity index (χ3v) is 9.26. The van der Waals surface area contributed by atoms with Crippen molar-refractivity contribution in [1.82, 2.24) is 4.90 Å². The van der Waals surface area contributed by atoms with E-state index >= 15 is 0 Å². The first-order valence-electron chi connectivity index (χ1n) is 10.8. The second kappa shape index (κ2) is 10.3. The number of thioether (sulfide) groups is 1. The molecule has 0 N–H and O–H groups in total. The number of halogens is 2. The van der Waals surface area contributed by atoms with E-state index in [1.54, 1.807) is 31.3 Å². The molecule has 1 atom stereocenters. The summed E-state index contributed by atoms with van der Waals surface area (Å²) < 4.78 is 23.6. The molecule has 4 rings (SSSR count). The Balaban J connectivity index is 1.58. The molecule has 1 saturated heterocycles. The summed E-state index contributed by atoms with van der Waals surface area (Å²) in [5.74, 6) is -0.469. The summed E-state index contributed by atoms with van der Waals surface area (Å²) in [5, 5.41) is 1.14. The third kappa shape index (κ3) is 5.91. The summed E-state index contributed by atoms with van der Waals surface area (Å²) >= 11 is 13.2. The van der Waals surface area contributed by atoms with E-state index in [1.807, 2.05) is 31.2 Å². The SMILES string of the molecule is Cc1ccc(N2C(=O)/C(=C/c3ccc(Cl)c(Cl)c3)N=C2SCC(=O)N(C)[C@@H]2CCS(=O)(=O)C2)cc1. The average Bonchev–Trinajstić information content (AvgIpc) is 3.33. The monoisotopic (exact) mass is 551 g/mol. The second-order valence-electron chi connectivity index (χ2n) is 8.42. The van der Waals surface area contributed by atoms with Gasteiger partial charge in [0.15, 0.2) is 15.0 Å². The van der Waals surface area contributed by atoms with Gasteiger partial charge in [-0.05, 0) is 49.2 Å². The number of hydrogen-bond donors (Lipinski definition) is 0. The number of nitrogens with zero attached hydrogens (tertiary/aromatic N) is 3. The lowest BCUT2D eigenvalue weighted by Crippen LogP contribution is -2.39. The highest BCUT2D eigenvalue weighted by Gasteiger charge is 2.35. The molecule has 0 aromatic heterocycles. The minimum absolute atomic E-state index is 0.0155. The van der Waals surface area contributed by atoms with Crippen LogP contribution in [0.4, 0.5) is 5.69 Å². The van der Waals surface area contributed by atoms with Gasteiger partial charge in [-0.1, -0.05) is 58.7 Å².